The Morgan fingerprint density at radius 3 is 3.00 bits per heavy atom. The fourth-order valence-electron chi connectivity index (χ4n) is 1.65. The van der Waals surface area contributed by atoms with Gasteiger partial charge in [0.25, 0.3) is 0 Å². The third-order valence-corrected chi connectivity index (χ3v) is 5.49. The van der Waals surface area contributed by atoms with Gasteiger partial charge in [-0.05, 0) is 13.8 Å². The predicted octanol–water partition coefficient (Wildman–Crippen LogP) is 1.76. The van der Waals surface area contributed by atoms with Crippen LogP contribution in [-0.2, 0) is 4.79 Å². The number of carbonyl (C=O) groups is 1. The van der Waals surface area contributed by atoms with Crippen LogP contribution in [0.2, 0.25) is 0 Å². The topological polar surface area (TPSA) is 20.3 Å². The van der Waals surface area contributed by atoms with Gasteiger partial charge < -0.3 is 4.90 Å². The predicted molar refractivity (Wildman–Crippen MR) is 54.2 cm³/mol. The summed E-state index contributed by atoms with van der Waals surface area (Å²) in [6, 6.07) is 0. The average Bonchev–Trinajstić information content (AvgIpc) is 2.30. The highest BCUT2D eigenvalue weighted by Crippen LogP contribution is 2.46. The van der Waals surface area contributed by atoms with Crippen LogP contribution in [-0.4, -0.2) is 32.6 Å². The molecule has 68 valence electrons. The van der Waals surface area contributed by atoms with E-state index >= 15 is 0 Å². The minimum absolute atomic E-state index is 0.251. The standard InChI is InChI=1S/C8H13NOS2/c1-8(2)7-9(5-12-8)6(10)3-4-11-7/h7H,3-5H2,1-2H3. The summed E-state index contributed by atoms with van der Waals surface area (Å²) < 4.78 is 0.251. The number of thioether (sulfide) groups is 2. The van der Waals surface area contributed by atoms with Crippen LogP contribution < -0.4 is 0 Å². The van der Waals surface area contributed by atoms with Crippen LogP contribution >= 0.6 is 23.5 Å². The summed E-state index contributed by atoms with van der Waals surface area (Å²) in [5.41, 5.74) is 0. The summed E-state index contributed by atoms with van der Waals surface area (Å²) >= 11 is 3.82. The molecule has 0 aromatic rings. The van der Waals surface area contributed by atoms with E-state index in [9.17, 15) is 4.79 Å². The molecule has 12 heavy (non-hydrogen) atoms. The molecule has 0 aliphatic carbocycles. The summed E-state index contributed by atoms with van der Waals surface area (Å²) in [6.45, 7) is 4.46. The maximum absolute atomic E-state index is 11.5. The fourth-order valence-corrected chi connectivity index (χ4v) is 4.47. The molecule has 1 amide bonds. The van der Waals surface area contributed by atoms with Crippen LogP contribution in [0.1, 0.15) is 20.3 Å². The molecular weight excluding hydrogens is 190 g/mol. The number of carbonyl (C=O) groups excluding carboxylic acids is 1. The van der Waals surface area contributed by atoms with Crippen molar-refractivity contribution >= 4 is 29.4 Å². The summed E-state index contributed by atoms with van der Waals surface area (Å²) in [4.78, 5) is 13.5. The second-order valence-corrected chi connectivity index (χ2v) is 6.50. The quantitative estimate of drug-likeness (QED) is 0.598. The zero-order valence-electron chi connectivity index (χ0n) is 7.37. The minimum atomic E-state index is 0.251. The lowest BCUT2D eigenvalue weighted by atomic mass is 10.2. The fraction of sp³-hybridized carbons (Fsp3) is 0.875. The molecule has 0 radical (unpaired) electrons. The molecule has 2 fully saturated rings. The highest BCUT2D eigenvalue weighted by atomic mass is 32.2. The highest BCUT2D eigenvalue weighted by Gasteiger charge is 2.45. The van der Waals surface area contributed by atoms with Gasteiger partial charge in [0.1, 0.15) is 0 Å². The average molecular weight is 203 g/mol. The van der Waals surface area contributed by atoms with E-state index in [-0.39, 0.29) is 4.75 Å². The van der Waals surface area contributed by atoms with Crippen molar-refractivity contribution in [1.82, 2.24) is 4.90 Å². The van der Waals surface area contributed by atoms with Crippen LogP contribution in [0, 0.1) is 0 Å². The van der Waals surface area contributed by atoms with Gasteiger partial charge >= 0.3 is 0 Å². The van der Waals surface area contributed by atoms with Crippen molar-refractivity contribution in [2.75, 3.05) is 11.6 Å². The van der Waals surface area contributed by atoms with Crippen molar-refractivity contribution in [1.29, 1.82) is 0 Å². The molecule has 2 saturated heterocycles. The van der Waals surface area contributed by atoms with Gasteiger partial charge in [-0.3, -0.25) is 4.79 Å². The van der Waals surface area contributed by atoms with Crippen LogP contribution in [0.5, 0.6) is 0 Å². The van der Waals surface area contributed by atoms with Crippen LogP contribution in [0.15, 0.2) is 0 Å². The molecule has 2 nitrogen and oxygen atoms in total. The van der Waals surface area contributed by atoms with Crippen molar-refractivity contribution in [2.24, 2.45) is 0 Å². The number of fused-ring (bicyclic) bond motifs is 1. The zero-order valence-corrected chi connectivity index (χ0v) is 9.00. The lowest BCUT2D eigenvalue weighted by molar-refractivity contribution is -0.130. The van der Waals surface area contributed by atoms with Crippen LogP contribution in [0.3, 0.4) is 0 Å². The Bertz CT molecular complexity index is 217. The van der Waals surface area contributed by atoms with Gasteiger partial charge in [0.15, 0.2) is 0 Å². The Labute approximate surface area is 81.4 Å². The Morgan fingerprint density at radius 1 is 1.58 bits per heavy atom. The molecule has 1 atom stereocenters. The van der Waals surface area contributed by atoms with Gasteiger partial charge in [-0.1, -0.05) is 0 Å². The van der Waals surface area contributed by atoms with Crippen molar-refractivity contribution in [3.63, 3.8) is 0 Å². The normalized spacial score (nSPS) is 33.7. The van der Waals surface area contributed by atoms with E-state index in [0.29, 0.717) is 11.3 Å². The maximum Gasteiger partial charge on any atom is 0.225 e. The molecule has 0 N–H and O–H groups in total. The first-order valence-electron chi connectivity index (χ1n) is 4.16. The summed E-state index contributed by atoms with van der Waals surface area (Å²) in [5.74, 6) is 2.24. The molecule has 0 bridgehead atoms. The minimum Gasteiger partial charge on any atom is -0.320 e. The summed E-state index contributed by atoms with van der Waals surface area (Å²) in [6.07, 6.45) is 0.734. The van der Waals surface area contributed by atoms with Gasteiger partial charge in [-0.2, -0.15) is 0 Å². The van der Waals surface area contributed by atoms with E-state index in [4.69, 9.17) is 0 Å². The van der Waals surface area contributed by atoms with E-state index in [1.54, 1.807) is 0 Å². The molecule has 4 heteroatoms. The van der Waals surface area contributed by atoms with Crippen molar-refractivity contribution in [3.05, 3.63) is 0 Å². The molecule has 2 heterocycles. The first kappa shape index (κ1) is 8.75. The molecule has 2 aliphatic rings. The third kappa shape index (κ3) is 1.25. The Hall–Kier alpha value is 0.170. The van der Waals surface area contributed by atoms with Crippen molar-refractivity contribution in [3.8, 4) is 0 Å². The van der Waals surface area contributed by atoms with Gasteiger partial charge in [0.05, 0.1) is 11.3 Å². The third-order valence-electron chi connectivity index (χ3n) is 2.37. The molecule has 1 unspecified atom stereocenters. The SMILES string of the molecule is CC1(C)SCN2C(=O)CCSC21. The van der Waals surface area contributed by atoms with E-state index in [2.05, 4.69) is 13.8 Å². The van der Waals surface area contributed by atoms with Crippen LogP contribution in [0.25, 0.3) is 0 Å². The van der Waals surface area contributed by atoms with Gasteiger partial charge in [0, 0.05) is 16.9 Å². The largest absolute Gasteiger partial charge is 0.320 e. The second kappa shape index (κ2) is 2.84. The van der Waals surface area contributed by atoms with Crippen molar-refractivity contribution in [2.45, 2.75) is 30.4 Å². The van der Waals surface area contributed by atoms with Crippen LogP contribution in [0.4, 0.5) is 0 Å². The molecule has 0 saturated carbocycles. The Kier molecular flexibility index (Phi) is 2.07. The lowest BCUT2D eigenvalue weighted by Gasteiger charge is -2.34. The summed E-state index contributed by atoms with van der Waals surface area (Å²) in [7, 11) is 0. The summed E-state index contributed by atoms with van der Waals surface area (Å²) in [5, 5.41) is 0.420. The number of rotatable bonds is 0. The zero-order chi connectivity index (χ0) is 8.77. The van der Waals surface area contributed by atoms with E-state index < -0.39 is 0 Å². The van der Waals surface area contributed by atoms with Gasteiger partial charge in [-0.25, -0.2) is 0 Å². The highest BCUT2D eigenvalue weighted by molar-refractivity contribution is 8.05. The number of hydrogen-bond donors (Lipinski definition) is 0. The molecular formula is C8H13NOS2. The van der Waals surface area contributed by atoms with Gasteiger partial charge in [0.2, 0.25) is 5.91 Å². The maximum atomic E-state index is 11.5. The first-order chi connectivity index (χ1) is 5.61. The van der Waals surface area contributed by atoms with E-state index in [1.807, 2.05) is 28.4 Å². The molecule has 2 rings (SSSR count). The number of hydrogen-bond acceptors (Lipinski definition) is 3. The first-order valence-corrected chi connectivity index (χ1v) is 6.20. The molecule has 0 aromatic carbocycles. The van der Waals surface area contributed by atoms with E-state index in [0.717, 1.165) is 18.1 Å². The smallest absolute Gasteiger partial charge is 0.225 e. The number of amides is 1. The van der Waals surface area contributed by atoms with Crippen molar-refractivity contribution < 1.29 is 4.79 Å². The second-order valence-electron chi connectivity index (χ2n) is 3.71. The Morgan fingerprint density at radius 2 is 2.33 bits per heavy atom. The molecule has 0 spiro atoms. The monoisotopic (exact) mass is 203 g/mol. The molecule has 2 aliphatic heterocycles. The number of nitrogens with zero attached hydrogens (tertiary/aromatic N) is 1. The van der Waals surface area contributed by atoms with Gasteiger partial charge in [-0.15, -0.1) is 23.5 Å². The van der Waals surface area contributed by atoms with E-state index in [1.165, 1.54) is 0 Å². The Balaban J connectivity index is 2.20. The molecule has 0 aromatic heterocycles. The lowest BCUT2D eigenvalue weighted by Crippen LogP contribution is -2.44.